The molecule has 142 valence electrons. The molecule has 1 aromatic carbocycles. The van der Waals surface area contributed by atoms with E-state index in [-0.39, 0.29) is 5.60 Å². The Morgan fingerprint density at radius 1 is 1.26 bits per heavy atom. The lowest BCUT2D eigenvalue weighted by atomic mass is 9.81. The number of aromatic nitrogens is 1. The van der Waals surface area contributed by atoms with Crippen LogP contribution in [0.5, 0.6) is 5.75 Å². The summed E-state index contributed by atoms with van der Waals surface area (Å²) in [7, 11) is 0. The van der Waals surface area contributed by atoms with Gasteiger partial charge in [-0.25, -0.2) is 4.98 Å². The zero-order valence-corrected chi connectivity index (χ0v) is 16.3. The predicted octanol–water partition coefficient (Wildman–Crippen LogP) is 3.62. The summed E-state index contributed by atoms with van der Waals surface area (Å²) in [5.74, 6) is 0.601. The number of benzene rings is 1. The van der Waals surface area contributed by atoms with Gasteiger partial charge >= 0.3 is 0 Å². The van der Waals surface area contributed by atoms with Crippen molar-refractivity contribution >= 4 is 17.2 Å². The van der Waals surface area contributed by atoms with Crippen molar-refractivity contribution in [1.82, 2.24) is 9.88 Å². The molecule has 3 aliphatic rings. The van der Waals surface area contributed by atoms with Crippen LogP contribution >= 0.6 is 11.3 Å². The molecule has 1 saturated heterocycles. The number of carbonyl (C=O) groups excluding carboxylic acids is 1. The van der Waals surface area contributed by atoms with Crippen molar-refractivity contribution in [3.05, 3.63) is 34.8 Å². The number of rotatable bonds is 3. The number of ether oxygens (including phenoxy) is 1. The zero-order chi connectivity index (χ0) is 18.4. The summed E-state index contributed by atoms with van der Waals surface area (Å²) in [5, 5.41) is 0.834. The van der Waals surface area contributed by atoms with Crippen LogP contribution in [0.3, 0.4) is 0 Å². The first-order valence-corrected chi connectivity index (χ1v) is 10.8. The van der Waals surface area contributed by atoms with Gasteiger partial charge < -0.3 is 15.4 Å². The van der Waals surface area contributed by atoms with Crippen LogP contribution in [0.2, 0.25) is 0 Å². The molecule has 6 heteroatoms. The summed E-state index contributed by atoms with van der Waals surface area (Å²) >= 11 is 1.34. The van der Waals surface area contributed by atoms with E-state index in [9.17, 15) is 4.79 Å². The molecule has 2 aliphatic heterocycles. The van der Waals surface area contributed by atoms with E-state index < -0.39 is 5.91 Å². The third-order valence-electron chi connectivity index (χ3n) is 6.53. The SMILES string of the molecule is NC(=O)c1cnc(-c2ccc3c(c2)CCC2(CCN(C4CCC4)CC2)O3)s1. The summed E-state index contributed by atoms with van der Waals surface area (Å²) in [6, 6.07) is 7.12. The van der Waals surface area contributed by atoms with E-state index in [0.29, 0.717) is 4.88 Å². The molecule has 1 spiro atoms. The third-order valence-corrected chi connectivity index (χ3v) is 7.59. The van der Waals surface area contributed by atoms with Crippen LogP contribution in [0, 0.1) is 0 Å². The van der Waals surface area contributed by atoms with Crippen LogP contribution in [0.15, 0.2) is 24.4 Å². The monoisotopic (exact) mass is 383 g/mol. The van der Waals surface area contributed by atoms with Gasteiger partial charge in [0.25, 0.3) is 5.91 Å². The quantitative estimate of drug-likeness (QED) is 0.879. The van der Waals surface area contributed by atoms with E-state index in [4.69, 9.17) is 10.5 Å². The fourth-order valence-corrected chi connectivity index (χ4v) is 5.34. The molecule has 0 bridgehead atoms. The van der Waals surface area contributed by atoms with Gasteiger partial charge in [-0.3, -0.25) is 4.79 Å². The lowest BCUT2D eigenvalue weighted by Gasteiger charge is -2.48. The maximum Gasteiger partial charge on any atom is 0.260 e. The van der Waals surface area contributed by atoms with Crippen molar-refractivity contribution in [3.8, 4) is 16.3 Å². The zero-order valence-electron chi connectivity index (χ0n) is 15.4. The van der Waals surface area contributed by atoms with Crippen molar-refractivity contribution in [2.24, 2.45) is 5.73 Å². The first-order chi connectivity index (χ1) is 13.1. The minimum absolute atomic E-state index is 0.0229. The van der Waals surface area contributed by atoms with Crippen LogP contribution in [0.4, 0.5) is 0 Å². The van der Waals surface area contributed by atoms with Gasteiger partial charge in [0.2, 0.25) is 0 Å². The van der Waals surface area contributed by atoms with E-state index in [1.54, 1.807) is 6.20 Å². The molecule has 2 N–H and O–H groups in total. The van der Waals surface area contributed by atoms with Gasteiger partial charge in [0.15, 0.2) is 0 Å². The molecule has 0 unspecified atom stereocenters. The number of thiazole rings is 1. The lowest BCUT2D eigenvalue weighted by Crippen LogP contribution is -2.53. The summed E-state index contributed by atoms with van der Waals surface area (Å²) < 4.78 is 6.56. The summed E-state index contributed by atoms with van der Waals surface area (Å²) in [5.41, 5.74) is 7.65. The predicted molar refractivity (Wildman–Crippen MR) is 106 cm³/mol. The van der Waals surface area contributed by atoms with E-state index in [1.165, 1.54) is 49.3 Å². The Labute approximate surface area is 163 Å². The number of primary amides is 1. The molecule has 1 aromatic heterocycles. The number of aryl methyl sites for hydroxylation is 1. The molecule has 2 fully saturated rings. The fourth-order valence-electron chi connectivity index (χ4n) is 4.58. The Bertz CT molecular complexity index is 866. The van der Waals surface area contributed by atoms with E-state index in [2.05, 4.69) is 22.0 Å². The average molecular weight is 384 g/mol. The number of hydrogen-bond acceptors (Lipinski definition) is 5. The highest BCUT2D eigenvalue weighted by atomic mass is 32.1. The maximum atomic E-state index is 11.3. The molecule has 0 radical (unpaired) electrons. The smallest absolute Gasteiger partial charge is 0.260 e. The van der Waals surface area contributed by atoms with Crippen molar-refractivity contribution in [2.45, 2.75) is 56.6 Å². The first-order valence-electron chi connectivity index (χ1n) is 9.94. The number of nitrogens with two attached hydrogens (primary N) is 1. The Kier molecular flexibility index (Phi) is 4.20. The van der Waals surface area contributed by atoms with Gasteiger partial charge in [-0.2, -0.15) is 0 Å². The highest BCUT2D eigenvalue weighted by Crippen LogP contribution is 2.42. The molecule has 27 heavy (non-hydrogen) atoms. The van der Waals surface area contributed by atoms with Crippen LogP contribution in [-0.4, -0.2) is 40.5 Å². The van der Waals surface area contributed by atoms with Crippen LogP contribution in [0.1, 0.15) is 53.8 Å². The van der Waals surface area contributed by atoms with Gasteiger partial charge in [-0.1, -0.05) is 6.42 Å². The molecule has 0 atom stereocenters. The summed E-state index contributed by atoms with van der Waals surface area (Å²) in [6.45, 7) is 2.35. The van der Waals surface area contributed by atoms with Gasteiger partial charge in [0, 0.05) is 24.7 Å². The third kappa shape index (κ3) is 3.15. The van der Waals surface area contributed by atoms with E-state index in [1.807, 2.05) is 6.07 Å². The fraction of sp³-hybridized carbons (Fsp3) is 0.524. The molecule has 2 aromatic rings. The number of nitrogens with zero attached hydrogens (tertiary/aromatic N) is 2. The lowest BCUT2D eigenvalue weighted by molar-refractivity contribution is -0.0336. The standard InChI is InChI=1S/C21H25N3O2S/c22-19(25)18-13-23-20(27-18)15-4-5-17-14(12-15)6-7-21(26-17)8-10-24(11-9-21)16-2-1-3-16/h4-5,12-13,16H,1-3,6-11H2,(H2,22,25). The molecular weight excluding hydrogens is 358 g/mol. The van der Waals surface area contributed by atoms with Gasteiger partial charge in [0.1, 0.15) is 21.2 Å². The van der Waals surface area contributed by atoms with Crippen LogP contribution in [-0.2, 0) is 6.42 Å². The van der Waals surface area contributed by atoms with Crippen molar-refractivity contribution in [2.75, 3.05) is 13.1 Å². The molecule has 1 saturated carbocycles. The summed E-state index contributed by atoms with van der Waals surface area (Å²) in [6.07, 6.45) is 10.1. The Morgan fingerprint density at radius 2 is 2.07 bits per heavy atom. The van der Waals surface area contributed by atoms with Gasteiger partial charge in [-0.05, 0) is 62.3 Å². The second kappa shape index (κ2) is 6.60. The van der Waals surface area contributed by atoms with Gasteiger partial charge in [-0.15, -0.1) is 11.3 Å². The van der Waals surface area contributed by atoms with Crippen molar-refractivity contribution in [3.63, 3.8) is 0 Å². The Morgan fingerprint density at radius 3 is 2.74 bits per heavy atom. The molecular formula is C21H25N3O2S. The minimum Gasteiger partial charge on any atom is -0.487 e. The first kappa shape index (κ1) is 17.2. The van der Waals surface area contributed by atoms with Crippen molar-refractivity contribution in [1.29, 1.82) is 0 Å². The maximum absolute atomic E-state index is 11.3. The Hall–Kier alpha value is -1.92. The number of carbonyl (C=O) groups is 1. The topological polar surface area (TPSA) is 68.5 Å². The minimum atomic E-state index is -0.421. The molecule has 5 rings (SSSR count). The molecule has 1 aliphatic carbocycles. The number of amides is 1. The van der Waals surface area contributed by atoms with Crippen molar-refractivity contribution < 1.29 is 9.53 Å². The average Bonchev–Trinajstić information content (AvgIpc) is 3.12. The second-order valence-corrected chi connectivity index (χ2v) is 9.15. The number of likely N-dealkylation sites (tertiary alicyclic amines) is 1. The number of fused-ring (bicyclic) bond motifs is 1. The summed E-state index contributed by atoms with van der Waals surface area (Å²) in [4.78, 5) is 18.8. The molecule has 1 amide bonds. The van der Waals surface area contributed by atoms with Gasteiger partial charge in [0.05, 0.1) is 6.20 Å². The number of hydrogen-bond donors (Lipinski definition) is 1. The highest BCUT2D eigenvalue weighted by Gasteiger charge is 2.41. The molecule has 5 nitrogen and oxygen atoms in total. The second-order valence-electron chi connectivity index (χ2n) is 8.12. The van der Waals surface area contributed by atoms with E-state index >= 15 is 0 Å². The Balaban J connectivity index is 1.31. The highest BCUT2D eigenvalue weighted by molar-refractivity contribution is 7.16. The van der Waals surface area contributed by atoms with Crippen LogP contribution in [0.25, 0.3) is 10.6 Å². The largest absolute Gasteiger partial charge is 0.487 e. The van der Waals surface area contributed by atoms with E-state index in [0.717, 1.165) is 48.0 Å². The normalized spacial score (nSPS) is 22.1. The van der Waals surface area contributed by atoms with Crippen LogP contribution < -0.4 is 10.5 Å². The molecule has 3 heterocycles. The number of piperidine rings is 1.